The smallest absolute Gasteiger partial charge is 0.257 e. The highest BCUT2D eigenvalue weighted by molar-refractivity contribution is 5.97. The lowest BCUT2D eigenvalue weighted by Crippen LogP contribution is -2.73. The molecule has 3 aromatic rings. The number of nitrogens with zero attached hydrogens (tertiary/aromatic N) is 3. The summed E-state index contributed by atoms with van der Waals surface area (Å²) in [5.41, 5.74) is 2.98. The zero-order chi connectivity index (χ0) is 22.2. The molecule has 3 atom stereocenters. The summed E-state index contributed by atoms with van der Waals surface area (Å²) in [4.78, 5) is 32.9. The monoisotopic (exact) mass is 431 g/mol. The van der Waals surface area contributed by atoms with E-state index in [0.717, 1.165) is 16.7 Å². The van der Waals surface area contributed by atoms with Crippen LogP contribution in [0, 0.1) is 5.82 Å². The number of carbonyl (C=O) groups excluding carboxylic acids is 2. The van der Waals surface area contributed by atoms with E-state index in [1.54, 1.807) is 23.4 Å². The number of carbonyl (C=O) groups is 2. The first kappa shape index (κ1) is 20.3. The van der Waals surface area contributed by atoms with E-state index in [1.807, 2.05) is 36.4 Å². The fourth-order valence-electron chi connectivity index (χ4n) is 4.89. The molecule has 0 aliphatic carbocycles. The number of amides is 2. The van der Waals surface area contributed by atoms with Crippen LogP contribution >= 0.6 is 0 Å². The van der Waals surface area contributed by atoms with E-state index in [1.165, 1.54) is 23.1 Å². The molecule has 2 aliphatic rings. The molecular weight excluding hydrogens is 409 g/mol. The van der Waals surface area contributed by atoms with Gasteiger partial charge in [0.25, 0.3) is 5.91 Å². The largest absolute Gasteiger partial charge is 0.394 e. The highest BCUT2D eigenvalue weighted by Crippen LogP contribution is 2.43. The Morgan fingerprint density at radius 2 is 1.84 bits per heavy atom. The number of hydrogen-bond donors (Lipinski definition) is 1. The molecule has 3 heterocycles. The van der Waals surface area contributed by atoms with Crippen molar-refractivity contribution in [3.63, 3.8) is 0 Å². The third kappa shape index (κ3) is 3.35. The normalized spacial score (nSPS) is 22.3. The lowest BCUT2D eigenvalue weighted by atomic mass is 9.73. The van der Waals surface area contributed by atoms with E-state index in [0.29, 0.717) is 6.54 Å². The Balaban J connectivity index is 1.40. The van der Waals surface area contributed by atoms with Crippen molar-refractivity contribution in [2.75, 3.05) is 19.7 Å². The molecule has 6 nitrogen and oxygen atoms in total. The first-order valence-corrected chi connectivity index (χ1v) is 10.5. The Morgan fingerprint density at radius 1 is 1.06 bits per heavy atom. The molecule has 1 aromatic heterocycles. The molecule has 162 valence electrons. The van der Waals surface area contributed by atoms with Gasteiger partial charge in [-0.15, -0.1) is 0 Å². The molecule has 7 heteroatoms. The van der Waals surface area contributed by atoms with Gasteiger partial charge >= 0.3 is 0 Å². The van der Waals surface area contributed by atoms with Crippen molar-refractivity contribution in [3.8, 4) is 11.1 Å². The molecule has 0 saturated carbocycles. The summed E-state index contributed by atoms with van der Waals surface area (Å²) in [6, 6.07) is 17.1. The summed E-state index contributed by atoms with van der Waals surface area (Å²) in [5, 5.41) is 9.96. The predicted molar refractivity (Wildman–Crippen MR) is 116 cm³/mol. The van der Waals surface area contributed by atoms with Gasteiger partial charge in [-0.25, -0.2) is 4.39 Å². The zero-order valence-electron chi connectivity index (χ0n) is 17.3. The van der Waals surface area contributed by atoms with Crippen molar-refractivity contribution in [1.82, 2.24) is 14.8 Å². The van der Waals surface area contributed by atoms with Gasteiger partial charge in [0, 0.05) is 24.9 Å². The van der Waals surface area contributed by atoms with Crippen LogP contribution in [0.5, 0.6) is 0 Å². The van der Waals surface area contributed by atoms with Crippen molar-refractivity contribution >= 4 is 11.8 Å². The second-order valence-corrected chi connectivity index (χ2v) is 8.17. The van der Waals surface area contributed by atoms with E-state index in [9.17, 15) is 19.1 Å². The van der Waals surface area contributed by atoms with E-state index >= 15 is 0 Å². The molecule has 0 radical (unpaired) electrons. The van der Waals surface area contributed by atoms with Gasteiger partial charge < -0.3 is 14.9 Å². The topological polar surface area (TPSA) is 73.7 Å². The molecule has 5 rings (SSSR count). The molecule has 2 fully saturated rings. The number of aliphatic hydroxyl groups excluding tert-OH is 1. The van der Waals surface area contributed by atoms with Crippen molar-refractivity contribution in [2.24, 2.45) is 0 Å². The van der Waals surface area contributed by atoms with E-state index < -0.39 is 11.7 Å². The first-order chi connectivity index (χ1) is 15.6. The Labute approximate surface area is 184 Å². The molecule has 0 spiro atoms. The van der Waals surface area contributed by atoms with Crippen molar-refractivity contribution in [1.29, 1.82) is 0 Å². The first-order valence-electron chi connectivity index (χ1n) is 10.5. The maximum absolute atomic E-state index is 14.1. The third-order valence-corrected chi connectivity index (χ3v) is 6.43. The van der Waals surface area contributed by atoms with Crippen molar-refractivity contribution < 1.29 is 19.1 Å². The number of fused-ring (bicyclic) bond motifs is 1. The SMILES string of the molecule is O=C(c1ccccc1F)N1CC(=O)N2[C@@H](CO)[C@@H](c3ccc(-c4cccnc4)cc3)[C@@H]2C1. The van der Waals surface area contributed by atoms with Gasteiger partial charge in [0.15, 0.2) is 0 Å². The number of benzene rings is 2. The third-order valence-electron chi connectivity index (χ3n) is 6.43. The summed E-state index contributed by atoms with van der Waals surface area (Å²) in [6.07, 6.45) is 3.52. The average Bonchev–Trinajstić information content (AvgIpc) is 2.81. The lowest BCUT2D eigenvalue weighted by Gasteiger charge is -2.58. The van der Waals surface area contributed by atoms with Crippen LogP contribution in [-0.2, 0) is 4.79 Å². The minimum Gasteiger partial charge on any atom is -0.394 e. The Kier molecular flexibility index (Phi) is 5.19. The molecule has 2 amide bonds. The quantitative estimate of drug-likeness (QED) is 0.690. The summed E-state index contributed by atoms with van der Waals surface area (Å²) in [6.45, 7) is 0.0236. The van der Waals surface area contributed by atoms with Gasteiger partial charge in [-0.05, 0) is 34.9 Å². The summed E-state index contributed by atoms with van der Waals surface area (Å²) in [7, 11) is 0. The molecule has 32 heavy (non-hydrogen) atoms. The van der Waals surface area contributed by atoms with Crippen LogP contribution in [0.3, 0.4) is 0 Å². The lowest BCUT2D eigenvalue weighted by molar-refractivity contribution is -0.159. The standard InChI is InChI=1S/C25H22FN3O3/c26-20-6-2-1-5-19(20)25(32)28-13-21-24(22(15-30)29(21)23(31)14-28)17-9-7-16(8-10-17)18-4-3-11-27-12-18/h1-12,21-22,24,30H,13-15H2/t21-,22-,24-/m0/s1. The van der Waals surface area contributed by atoms with Gasteiger partial charge in [-0.1, -0.05) is 42.5 Å². The summed E-state index contributed by atoms with van der Waals surface area (Å²) < 4.78 is 14.1. The molecule has 0 bridgehead atoms. The fraction of sp³-hybridized carbons (Fsp3) is 0.240. The van der Waals surface area contributed by atoms with Crippen molar-refractivity contribution in [3.05, 3.63) is 90.0 Å². The number of rotatable bonds is 4. The predicted octanol–water partition coefficient (Wildman–Crippen LogP) is 2.70. The highest BCUT2D eigenvalue weighted by atomic mass is 19.1. The number of piperazine rings is 1. The molecule has 1 N–H and O–H groups in total. The molecule has 2 aliphatic heterocycles. The Morgan fingerprint density at radius 3 is 2.53 bits per heavy atom. The summed E-state index contributed by atoms with van der Waals surface area (Å²) in [5.74, 6) is -1.43. The zero-order valence-corrected chi connectivity index (χ0v) is 17.3. The number of aromatic nitrogens is 1. The van der Waals surface area contributed by atoms with Gasteiger partial charge in [-0.3, -0.25) is 14.6 Å². The molecule has 2 aromatic carbocycles. The van der Waals surface area contributed by atoms with Gasteiger partial charge in [0.05, 0.1) is 24.3 Å². The number of halogens is 1. The van der Waals surface area contributed by atoms with Crippen LogP contribution < -0.4 is 0 Å². The number of aliphatic hydroxyl groups is 1. The van der Waals surface area contributed by atoms with Crippen LogP contribution in [0.15, 0.2) is 73.1 Å². The van der Waals surface area contributed by atoms with E-state index in [4.69, 9.17) is 0 Å². The molecular formula is C25H22FN3O3. The fourth-order valence-corrected chi connectivity index (χ4v) is 4.89. The van der Waals surface area contributed by atoms with Crippen LogP contribution in [0.25, 0.3) is 11.1 Å². The van der Waals surface area contributed by atoms with Crippen LogP contribution in [0.1, 0.15) is 21.8 Å². The van der Waals surface area contributed by atoms with Crippen LogP contribution in [0.2, 0.25) is 0 Å². The molecule has 2 saturated heterocycles. The molecule has 0 unspecified atom stereocenters. The van der Waals surface area contributed by atoms with Crippen LogP contribution in [-0.4, -0.2) is 63.5 Å². The average molecular weight is 431 g/mol. The Bertz CT molecular complexity index is 1150. The van der Waals surface area contributed by atoms with Crippen molar-refractivity contribution in [2.45, 2.75) is 18.0 Å². The minimum atomic E-state index is -0.600. The van der Waals surface area contributed by atoms with Gasteiger partial charge in [0.2, 0.25) is 5.91 Å². The van der Waals surface area contributed by atoms with Gasteiger partial charge in [0.1, 0.15) is 12.4 Å². The second kappa shape index (κ2) is 8.16. The maximum atomic E-state index is 14.1. The maximum Gasteiger partial charge on any atom is 0.257 e. The van der Waals surface area contributed by atoms with E-state index in [2.05, 4.69) is 4.98 Å². The van der Waals surface area contributed by atoms with Crippen LogP contribution in [0.4, 0.5) is 4.39 Å². The highest BCUT2D eigenvalue weighted by Gasteiger charge is 2.54. The number of pyridine rings is 1. The summed E-state index contributed by atoms with van der Waals surface area (Å²) >= 11 is 0. The Hall–Kier alpha value is -3.58. The number of hydrogen-bond acceptors (Lipinski definition) is 4. The van der Waals surface area contributed by atoms with Gasteiger partial charge in [-0.2, -0.15) is 0 Å². The minimum absolute atomic E-state index is 0.0378. The van der Waals surface area contributed by atoms with E-state index in [-0.39, 0.29) is 42.6 Å². The second-order valence-electron chi connectivity index (χ2n) is 8.17.